The molecule has 0 aromatic rings. The van der Waals surface area contributed by atoms with Crippen molar-refractivity contribution in [1.29, 1.82) is 0 Å². The van der Waals surface area contributed by atoms with Crippen LogP contribution in [-0.4, -0.2) is 48.3 Å². The number of aliphatic hydroxyl groups excluding tert-OH is 1. The molecule has 0 aliphatic carbocycles. The molecule has 88 valence electrons. The Labute approximate surface area is 92.8 Å². The molecular weight excluding hydrogens is 188 g/mol. The van der Waals surface area contributed by atoms with Crippen molar-refractivity contribution < 1.29 is 5.11 Å². The molecule has 2 aliphatic heterocycles. The highest BCUT2D eigenvalue weighted by Crippen LogP contribution is 2.26. The SMILES string of the molecule is OCCCC1CCCN1C1CCCNC1. The summed E-state index contributed by atoms with van der Waals surface area (Å²) in [5, 5.41) is 12.4. The number of nitrogens with zero attached hydrogens (tertiary/aromatic N) is 1. The Kier molecular flexibility index (Phi) is 4.42. The second kappa shape index (κ2) is 5.83. The number of piperidine rings is 1. The van der Waals surface area contributed by atoms with Crippen molar-refractivity contribution in [3.8, 4) is 0 Å². The van der Waals surface area contributed by atoms with Crippen molar-refractivity contribution in [2.24, 2.45) is 0 Å². The lowest BCUT2D eigenvalue weighted by Crippen LogP contribution is -2.47. The van der Waals surface area contributed by atoms with Crippen LogP contribution in [0, 0.1) is 0 Å². The molecule has 2 unspecified atom stereocenters. The summed E-state index contributed by atoms with van der Waals surface area (Å²) in [6.45, 7) is 4.01. The molecule has 2 N–H and O–H groups in total. The average Bonchev–Trinajstić information content (AvgIpc) is 2.75. The molecule has 0 aromatic carbocycles. The van der Waals surface area contributed by atoms with Crippen LogP contribution in [-0.2, 0) is 0 Å². The third-order valence-corrected chi connectivity index (χ3v) is 3.86. The van der Waals surface area contributed by atoms with Gasteiger partial charge in [-0.2, -0.15) is 0 Å². The van der Waals surface area contributed by atoms with Crippen molar-refractivity contribution in [3.63, 3.8) is 0 Å². The molecule has 2 saturated heterocycles. The molecule has 0 aromatic heterocycles. The van der Waals surface area contributed by atoms with E-state index in [2.05, 4.69) is 10.2 Å². The fourth-order valence-electron chi connectivity index (χ4n) is 3.09. The minimum atomic E-state index is 0.354. The summed E-state index contributed by atoms with van der Waals surface area (Å²) in [5.74, 6) is 0. The van der Waals surface area contributed by atoms with Gasteiger partial charge in [-0.15, -0.1) is 0 Å². The summed E-state index contributed by atoms with van der Waals surface area (Å²) >= 11 is 0. The summed E-state index contributed by atoms with van der Waals surface area (Å²) in [6, 6.07) is 1.52. The first-order valence-electron chi connectivity index (χ1n) is 6.49. The van der Waals surface area contributed by atoms with Crippen LogP contribution >= 0.6 is 0 Å². The Hall–Kier alpha value is -0.120. The third kappa shape index (κ3) is 2.92. The number of likely N-dealkylation sites (tertiary alicyclic amines) is 1. The van der Waals surface area contributed by atoms with Crippen LogP contribution in [0.4, 0.5) is 0 Å². The first kappa shape index (κ1) is 11.4. The van der Waals surface area contributed by atoms with Crippen LogP contribution in [0.1, 0.15) is 38.5 Å². The van der Waals surface area contributed by atoms with Gasteiger partial charge in [0.25, 0.3) is 0 Å². The lowest BCUT2D eigenvalue weighted by atomic mass is 10.0. The van der Waals surface area contributed by atoms with E-state index in [0.29, 0.717) is 6.61 Å². The van der Waals surface area contributed by atoms with E-state index in [0.717, 1.165) is 18.5 Å². The molecule has 2 rings (SSSR count). The van der Waals surface area contributed by atoms with Gasteiger partial charge in [-0.05, 0) is 51.6 Å². The molecule has 2 atom stereocenters. The highest BCUT2D eigenvalue weighted by Gasteiger charge is 2.30. The molecule has 0 radical (unpaired) electrons. The first-order valence-corrected chi connectivity index (χ1v) is 6.49. The van der Waals surface area contributed by atoms with Crippen LogP contribution in [0.2, 0.25) is 0 Å². The van der Waals surface area contributed by atoms with Gasteiger partial charge >= 0.3 is 0 Å². The summed E-state index contributed by atoms with van der Waals surface area (Å²) in [6.07, 6.45) is 7.55. The van der Waals surface area contributed by atoms with E-state index in [1.165, 1.54) is 51.7 Å². The Bertz CT molecular complexity index is 180. The summed E-state index contributed by atoms with van der Waals surface area (Å²) < 4.78 is 0. The zero-order valence-corrected chi connectivity index (χ0v) is 9.62. The quantitative estimate of drug-likeness (QED) is 0.729. The van der Waals surface area contributed by atoms with Gasteiger partial charge in [0.05, 0.1) is 0 Å². The Morgan fingerprint density at radius 1 is 1.27 bits per heavy atom. The number of hydrogen-bond acceptors (Lipinski definition) is 3. The predicted molar refractivity (Wildman–Crippen MR) is 61.9 cm³/mol. The van der Waals surface area contributed by atoms with Gasteiger partial charge in [0, 0.05) is 25.2 Å². The van der Waals surface area contributed by atoms with Crippen LogP contribution < -0.4 is 5.32 Å². The minimum Gasteiger partial charge on any atom is -0.396 e. The number of rotatable bonds is 4. The van der Waals surface area contributed by atoms with Gasteiger partial charge < -0.3 is 10.4 Å². The molecule has 2 heterocycles. The topological polar surface area (TPSA) is 35.5 Å². The molecule has 0 amide bonds. The predicted octanol–water partition coefficient (Wildman–Crippen LogP) is 0.975. The van der Waals surface area contributed by atoms with E-state index in [-0.39, 0.29) is 0 Å². The van der Waals surface area contributed by atoms with E-state index in [1.807, 2.05) is 0 Å². The molecule has 3 nitrogen and oxygen atoms in total. The van der Waals surface area contributed by atoms with Crippen LogP contribution in [0.15, 0.2) is 0 Å². The van der Waals surface area contributed by atoms with E-state index < -0.39 is 0 Å². The van der Waals surface area contributed by atoms with Gasteiger partial charge in [-0.1, -0.05) is 0 Å². The highest BCUT2D eigenvalue weighted by molar-refractivity contribution is 4.87. The van der Waals surface area contributed by atoms with E-state index in [4.69, 9.17) is 5.11 Å². The Morgan fingerprint density at radius 2 is 2.20 bits per heavy atom. The number of nitrogens with one attached hydrogen (secondary N) is 1. The van der Waals surface area contributed by atoms with Crippen molar-refractivity contribution >= 4 is 0 Å². The van der Waals surface area contributed by atoms with Gasteiger partial charge in [0.2, 0.25) is 0 Å². The first-order chi connectivity index (χ1) is 7.42. The van der Waals surface area contributed by atoms with Crippen LogP contribution in [0.25, 0.3) is 0 Å². The van der Waals surface area contributed by atoms with Gasteiger partial charge in [-0.25, -0.2) is 0 Å². The third-order valence-electron chi connectivity index (χ3n) is 3.86. The Balaban J connectivity index is 1.82. The molecule has 0 bridgehead atoms. The second-order valence-electron chi connectivity index (χ2n) is 4.90. The van der Waals surface area contributed by atoms with Crippen LogP contribution in [0.5, 0.6) is 0 Å². The Morgan fingerprint density at radius 3 is 2.93 bits per heavy atom. The van der Waals surface area contributed by atoms with E-state index in [1.54, 1.807) is 0 Å². The fourth-order valence-corrected chi connectivity index (χ4v) is 3.09. The monoisotopic (exact) mass is 212 g/mol. The summed E-state index contributed by atoms with van der Waals surface area (Å²) in [7, 11) is 0. The average molecular weight is 212 g/mol. The minimum absolute atomic E-state index is 0.354. The molecule has 15 heavy (non-hydrogen) atoms. The maximum Gasteiger partial charge on any atom is 0.0431 e. The zero-order chi connectivity index (χ0) is 10.5. The smallest absolute Gasteiger partial charge is 0.0431 e. The van der Waals surface area contributed by atoms with Gasteiger partial charge in [-0.3, -0.25) is 4.90 Å². The summed E-state index contributed by atoms with van der Waals surface area (Å²) in [4.78, 5) is 2.70. The molecule has 2 fully saturated rings. The molecule has 0 spiro atoms. The maximum absolute atomic E-state index is 8.89. The number of aliphatic hydroxyl groups is 1. The standard InChI is InChI=1S/C12H24N2O/c15-9-3-6-11-5-2-8-14(11)12-4-1-7-13-10-12/h11-13,15H,1-10H2. The van der Waals surface area contributed by atoms with E-state index in [9.17, 15) is 0 Å². The molecule has 2 aliphatic rings. The molecule has 0 saturated carbocycles. The van der Waals surface area contributed by atoms with Crippen molar-refractivity contribution in [2.45, 2.75) is 50.6 Å². The summed E-state index contributed by atoms with van der Waals surface area (Å²) in [5.41, 5.74) is 0. The van der Waals surface area contributed by atoms with Gasteiger partial charge in [0.15, 0.2) is 0 Å². The second-order valence-corrected chi connectivity index (χ2v) is 4.90. The van der Waals surface area contributed by atoms with Gasteiger partial charge in [0.1, 0.15) is 0 Å². The van der Waals surface area contributed by atoms with Crippen molar-refractivity contribution in [1.82, 2.24) is 10.2 Å². The zero-order valence-electron chi connectivity index (χ0n) is 9.62. The number of hydrogen-bond donors (Lipinski definition) is 2. The molecular formula is C12H24N2O. The molecule has 3 heteroatoms. The van der Waals surface area contributed by atoms with Crippen LogP contribution in [0.3, 0.4) is 0 Å². The largest absolute Gasteiger partial charge is 0.396 e. The van der Waals surface area contributed by atoms with Crippen molar-refractivity contribution in [2.75, 3.05) is 26.2 Å². The van der Waals surface area contributed by atoms with Crippen molar-refractivity contribution in [3.05, 3.63) is 0 Å². The van der Waals surface area contributed by atoms with E-state index >= 15 is 0 Å². The lowest BCUT2D eigenvalue weighted by Gasteiger charge is -2.35. The maximum atomic E-state index is 8.89. The fraction of sp³-hybridized carbons (Fsp3) is 1.00. The lowest BCUT2D eigenvalue weighted by molar-refractivity contribution is 0.138. The normalized spacial score (nSPS) is 33.4. The highest BCUT2D eigenvalue weighted by atomic mass is 16.2.